The zero-order chi connectivity index (χ0) is 8.10. The van der Waals surface area contributed by atoms with E-state index in [9.17, 15) is 4.79 Å². The van der Waals surface area contributed by atoms with Crippen LogP contribution in [0.25, 0.3) is 0 Å². The molecule has 5 heteroatoms. The van der Waals surface area contributed by atoms with E-state index in [1.807, 2.05) is 0 Å². The molecule has 5 nitrogen and oxygen atoms in total. The predicted molar refractivity (Wildman–Crippen MR) is 42.0 cm³/mol. The summed E-state index contributed by atoms with van der Waals surface area (Å²) >= 11 is 0. The van der Waals surface area contributed by atoms with Crippen LogP contribution in [0.5, 0.6) is 0 Å². The highest BCUT2D eigenvalue weighted by molar-refractivity contribution is 5.76. The zero-order valence-electron chi connectivity index (χ0n) is 6.47. The van der Waals surface area contributed by atoms with Crippen LogP contribution < -0.4 is 16.4 Å². The molecule has 0 aromatic rings. The lowest BCUT2D eigenvalue weighted by Gasteiger charge is -2.13. The van der Waals surface area contributed by atoms with Gasteiger partial charge in [0.15, 0.2) is 0 Å². The number of nitrogens with one attached hydrogen (secondary N) is 2. The van der Waals surface area contributed by atoms with Gasteiger partial charge in [0, 0.05) is 26.2 Å². The summed E-state index contributed by atoms with van der Waals surface area (Å²) < 4.78 is 0. The maximum absolute atomic E-state index is 10.9. The Hall–Kier alpha value is -0.810. The lowest BCUT2D eigenvalue weighted by atomic mass is 10.6. The number of hydrogen-bond acceptors (Lipinski definition) is 3. The molecule has 0 atom stereocenters. The summed E-state index contributed by atoms with van der Waals surface area (Å²) in [4.78, 5) is 12.6. The number of amides is 2. The lowest BCUT2D eigenvalue weighted by Crippen LogP contribution is -2.38. The van der Waals surface area contributed by atoms with Crippen LogP contribution in [0.3, 0.4) is 0 Å². The van der Waals surface area contributed by atoms with Crippen molar-refractivity contribution in [2.75, 3.05) is 32.8 Å². The highest BCUT2D eigenvalue weighted by Crippen LogP contribution is 1.92. The predicted octanol–water partition coefficient (Wildman–Crippen LogP) is -1.48. The van der Waals surface area contributed by atoms with Crippen LogP contribution in [0.4, 0.5) is 4.79 Å². The third-order valence-electron chi connectivity index (χ3n) is 1.57. The molecule has 0 radical (unpaired) electrons. The number of nitrogens with two attached hydrogens (primary N) is 1. The van der Waals surface area contributed by atoms with Crippen molar-refractivity contribution in [1.29, 1.82) is 0 Å². The van der Waals surface area contributed by atoms with Crippen LogP contribution in [0.1, 0.15) is 0 Å². The second-order valence-electron chi connectivity index (χ2n) is 2.44. The molecule has 1 fully saturated rings. The molecule has 0 saturated carbocycles. The number of hydrogen-bond donors (Lipinski definition) is 3. The van der Waals surface area contributed by atoms with Gasteiger partial charge in [-0.1, -0.05) is 0 Å². The van der Waals surface area contributed by atoms with Crippen molar-refractivity contribution < 1.29 is 4.79 Å². The normalized spacial score (nSPS) is 17.2. The van der Waals surface area contributed by atoms with Crippen molar-refractivity contribution in [2.24, 2.45) is 5.73 Å². The second kappa shape index (κ2) is 4.15. The molecule has 0 unspecified atom stereocenters. The summed E-state index contributed by atoms with van der Waals surface area (Å²) in [5.74, 6) is 0. The Morgan fingerprint density at radius 2 is 2.55 bits per heavy atom. The second-order valence-corrected chi connectivity index (χ2v) is 2.44. The van der Waals surface area contributed by atoms with E-state index in [2.05, 4.69) is 10.6 Å². The molecular weight excluding hydrogens is 144 g/mol. The van der Waals surface area contributed by atoms with Crippen LogP contribution in [0, 0.1) is 0 Å². The fourth-order valence-corrected chi connectivity index (χ4v) is 0.978. The van der Waals surface area contributed by atoms with Gasteiger partial charge in [-0.15, -0.1) is 0 Å². The molecule has 2 amide bonds. The van der Waals surface area contributed by atoms with E-state index < -0.39 is 0 Å². The van der Waals surface area contributed by atoms with Crippen molar-refractivity contribution >= 4 is 6.03 Å². The van der Waals surface area contributed by atoms with Crippen molar-refractivity contribution in [1.82, 2.24) is 15.5 Å². The standard InChI is InChI=1S/C6H14N4O/c7-1-2-8-5-10-4-3-9-6(10)11/h8H,1-5,7H2,(H,9,11). The van der Waals surface area contributed by atoms with Gasteiger partial charge in [-0.05, 0) is 0 Å². The first-order chi connectivity index (χ1) is 5.34. The minimum atomic E-state index is 0.00882. The van der Waals surface area contributed by atoms with Gasteiger partial charge in [0.2, 0.25) is 0 Å². The summed E-state index contributed by atoms with van der Waals surface area (Å²) in [5.41, 5.74) is 5.27. The average molecular weight is 158 g/mol. The number of carbonyl (C=O) groups excluding carboxylic acids is 1. The number of rotatable bonds is 4. The molecule has 1 saturated heterocycles. The summed E-state index contributed by atoms with van der Waals surface area (Å²) in [6.45, 7) is 3.50. The average Bonchev–Trinajstić information content (AvgIpc) is 2.37. The molecule has 1 aliphatic rings. The SMILES string of the molecule is NCCNCN1CCNC1=O. The third-order valence-corrected chi connectivity index (χ3v) is 1.57. The van der Waals surface area contributed by atoms with E-state index in [-0.39, 0.29) is 6.03 Å². The zero-order valence-corrected chi connectivity index (χ0v) is 6.47. The molecule has 1 rings (SSSR count). The minimum Gasteiger partial charge on any atom is -0.336 e. The molecule has 0 bridgehead atoms. The van der Waals surface area contributed by atoms with Crippen molar-refractivity contribution in [3.63, 3.8) is 0 Å². The summed E-state index contributed by atoms with van der Waals surface area (Å²) in [6.07, 6.45) is 0. The molecule has 1 aliphatic heterocycles. The van der Waals surface area contributed by atoms with E-state index in [0.717, 1.165) is 19.6 Å². The van der Waals surface area contributed by atoms with Gasteiger partial charge in [0.05, 0.1) is 6.67 Å². The highest BCUT2D eigenvalue weighted by Gasteiger charge is 2.17. The van der Waals surface area contributed by atoms with E-state index in [1.165, 1.54) is 0 Å². The Morgan fingerprint density at radius 3 is 3.09 bits per heavy atom. The van der Waals surface area contributed by atoms with Gasteiger partial charge in [0.25, 0.3) is 0 Å². The fourth-order valence-electron chi connectivity index (χ4n) is 0.978. The van der Waals surface area contributed by atoms with Crippen LogP contribution in [0.2, 0.25) is 0 Å². The van der Waals surface area contributed by atoms with Crippen LogP contribution in [-0.4, -0.2) is 43.8 Å². The Morgan fingerprint density at radius 1 is 1.73 bits per heavy atom. The molecule has 0 spiro atoms. The molecule has 1 heterocycles. The van der Waals surface area contributed by atoms with Gasteiger partial charge in [-0.25, -0.2) is 4.79 Å². The number of carbonyl (C=O) groups is 1. The Balaban J connectivity index is 2.10. The van der Waals surface area contributed by atoms with E-state index in [1.54, 1.807) is 4.90 Å². The first-order valence-corrected chi connectivity index (χ1v) is 3.78. The fraction of sp³-hybridized carbons (Fsp3) is 0.833. The molecule has 0 aliphatic carbocycles. The Bertz CT molecular complexity index is 139. The quantitative estimate of drug-likeness (QED) is 0.437. The van der Waals surface area contributed by atoms with Gasteiger partial charge >= 0.3 is 6.03 Å². The summed E-state index contributed by atoms with van der Waals surface area (Å²) in [7, 11) is 0. The monoisotopic (exact) mass is 158 g/mol. The van der Waals surface area contributed by atoms with Crippen LogP contribution in [-0.2, 0) is 0 Å². The Kier molecular flexibility index (Phi) is 3.13. The van der Waals surface area contributed by atoms with Crippen molar-refractivity contribution in [2.45, 2.75) is 0 Å². The molecule has 0 aromatic heterocycles. The topological polar surface area (TPSA) is 70.4 Å². The number of nitrogens with zero attached hydrogens (tertiary/aromatic N) is 1. The lowest BCUT2D eigenvalue weighted by molar-refractivity contribution is 0.214. The first-order valence-electron chi connectivity index (χ1n) is 3.78. The van der Waals surface area contributed by atoms with E-state index >= 15 is 0 Å². The Labute approximate surface area is 65.9 Å². The molecule has 11 heavy (non-hydrogen) atoms. The maximum atomic E-state index is 10.9. The van der Waals surface area contributed by atoms with E-state index in [0.29, 0.717) is 13.2 Å². The summed E-state index contributed by atoms with van der Waals surface area (Å²) in [5, 5.41) is 5.76. The first kappa shape index (κ1) is 8.29. The van der Waals surface area contributed by atoms with Crippen molar-refractivity contribution in [3.8, 4) is 0 Å². The van der Waals surface area contributed by atoms with Gasteiger partial charge in [0.1, 0.15) is 0 Å². The van der Waals surface area contributed by atoms with Crippen molar-refractivity contribution in [3.05, 3.63) is 0 Å². The highest BCUT2D eigenvalue weighted by atomic mass is 16.2. The smallest absolute Gasteiger partial charge is 0.318 e. The van der Waals surface area contributed by atoms with Gasteiger partial charge < -0.3 is 16.0 Å². The number of urea groups is 1. The maximum Gasteiger partial charge on any atom is 0.318 e. The van der Waals surface area contributed by atoms with Crippen LogP contribution in [0.15, 0.2) is 0 Å². The van der Waals surface area contributed by atoms with Gasteiger partial charge in [-0.2, -0.15) is 0 Å². The van der Waals surface area contributed by atoms with Crippen LogP contribution >= 0.6 is 0 Å². The molecule has 64 valence electrons. The minimum absolute atomic E-state index is 0.00882. The summed E-state index contributed by atoms with van der Waals surface area (Å²) in [6, 6.07) is 0.00882. The van der Waals surface area contributed by atoms with E-state index in [4.69, 9.17) is 5.73 Å². The molecule has 4 N–H and O–H groups in total. The molecule has 0 aromatic carbocycles. The largest absolute Gasteiger partial charge is 0.336 e. The van der Waals surface area contributed by atoms with Gasteiger partial charge in [-0.3, -0.25) is 5.32 Å². The molecular formula is C6H14N4O. The third kappa shape index (κ3) is 2.36.